The normalized spacial score (nSPS) is 14.5. The van der Waals surface area contributed by atoms with Crippen LogP contribution in [0.2, 0.25) is 0 Å². The van der Waals surface area contributed by atoms with Crippen molar-refractivity contribution in [3.05, 3.63) is 470 Å². The van der Waals surface area contributed by atoms with Crippen LogP contribution in [0.1, 0.15) is 241 Å². The Morgan fingerprint density at radius 1 is 0.169 bits per heavy atom. The van der Waals surface area contributed by atoms with Gasteiger partial charge >= 0.3 is 0 Å². The van der Waals surface area contributed by atoms with E-state index in [-0.39, 0.29) is 0 Å². The topological polar surface area (TPSA) is 34.1 Å². The molecule has 0 aliphatic heterocycles. The van der Waals surface area contributed by atoms with Gasteiger partial charge < -0.3 is 0 Å². The van der Waals surface area contributed by atoms with E-state index in [4.69, 9.17) is 0 Å². The van der Waals surface area contributed by atoms with Crippen molar-refractivity contribution in [2.75, 3.05) is 0 Å². The minimum Gasteiger partial charge on any atom is -0.294 e. The maximum absolute atomic E-state index is 11.8. The number of benzene rings is 20. The maximum atomic E-state index is 11.8. The van der Waals surface area contributed by atoms with Crippen LogP contribution in [0.3, 0.4) is 0 Å². The molecule has 0 spiro atoms. The minimum atomic E-state index is 0.290. The molecule has 142 heavy (non-hydrogen) atoms. The molecule has 20 aromatic rings. The van der Waals surface area contributed by atoms with Crippen molar-refractivity contribution in [3.63, 3.8) is 0 Å². The molecule has 0 radical (unpaired) electrons. The molecule has 0 atom stereocenters. The largest absolute Gasteiger partial charge is 0.294 e. The molecule has 0 heterocycles. The molecule has 0 fully saturated rings. The Kier molecular flexibility index (Phi) is 27.7. The zero-order valence-electron chi connectivity index (χ0n) is 85.2. The lowest BCUT2D eigenvalue weighted by Crippen LogP contribution is -2.09. The molecule has 0 N–H and O–H groups in total. The number of Topliss-reactive ketones (excluding diaryl/α,β-unsaturated/α-hetero) is 2. The molecule has 10 aliphatic rings. The zero-order chi connectivity index (χ0) is 97.2. The van der Waals surface area contributed by atoms with E-state index in [1.54, 1.807) is 66.6 Å². The average molecular weight is 1850 g/mol. The van der Waals surface area contributed by atoms with E-state index in [0.717, 1.165) is 29.4 Å². The second-order valence-electron chi connectivity index (χ2n) is 42.1. The molecule has 0 amide bonds. The Hall–Kier alpha value is -13.9. The van der Waals surface area contributed by atoms with Gasteiger partial charge in [-0.05, 0) is 470 Å². The lowest BCUT2D eigenvalue weighted by molar-refractivity contribution is 0.0978. The van der Waals surface area contributed by atoms with Crippen molar-refractivity contribution in [2.24, 2.45) is 0 Å². The molecular formula is C140H134O2. The Bertz CT molecular complexity index is 8330. The van der Waals surface area contributed by atoms with Gasteiger partial charge in [-0.3, -0.25) is 9.59 Å². The van der Waals surface area contributed by atoms with Gasteiger partial charge in [-0.2, -0.15) is 0 Å². The van der Waals surface area contributed by atoms with E-state index in [1.807, 2.05) is 24.3 Å². The number of ketones is 2. The number of aryl methyl sites for hydroxylation is 25. The number of rotatable bonds is 0. The number of fused-ring (bicyclic) bond motifs is 12. The van der Waals surface area contributed by atoms with Crippen molar-refractivity contribution in [3.8, 4) is 0 Å². The Labute approximate surface area is 841 Å². The summed E-state index contributed by atoms with van der Waals surface area (Å²) in [6.07, 6.45) is 36.0. The van der Waals surface area contributed by atoms with Crippen molar-refractivity contribution in [1.29, 1.82) is 0 Å². The fourth-order valence-electron chi connectivity index (χ4n) is 25.5. The third kappa shape index (κ3) is 19.4. The molecule has 30 rings (SSSR count). The van der Waals surface area contributed by atoms with Gasteiger partial charge in [0.1, 0.15) is 0 Å². The third-order valence-electron chi connectivity index (χ3n) is 32.5. The van der Waals surface area contributed by atoms with Gasteiger partial charge in [0, 0.05) is 24.0 Å². The van der Waals surface area contributed by atoms with Gasteiger partial charge in [0.25, 0.3) is 0 Å². The summed E-state index contributed by atoms with van der Waals surface area (Å²) in [5.74, 6) is 0.597. The van der Waals surface area contributed by atoms with Crippen LogP contribution in [0.4, 0.5) is 0 Å². The van der Waals surface area contributed by atoms with Gasteiger partial charge in [0.05, 0.1) is 0 Å². The Morgan fingerprint density at radius 2 is 0.542 bits per heavy atom. The Balaban J connectivity index is 0.0000000934. The van der Waals surface area contributed by atoms with Crippen molar-refractivity contribution < 1.29 is 9.59 Å². The molecule has 0 aromatic heterocycles. The van der Waals surface area contributed by atoms with Crippen LogP contribution >= 0.6 is 0 Å². The zero-order valence-corrected chi connectivity index (χ0v) is 85.2. The van der Waals surface area contributed by atoms with Crippen LogP contribution in [0.5, 0.6) is 0 Å². The van der Waals surface area contributed by atoms with Crippen molar-refractivity contribution in [1.82, 2.24) is 0 Å². The van der Waals surface area contributed by atoms with Gasteiger partial charge in [-0.15, -0.1) is 0 Å². The van der Waals surface area contributed by atoms with Crippen LogP contribution in [0, 0.1) is 69.2 Å². The first-order valence-electron chi connectivity index (χ1n) is 53.2. The SMILES string of the molecule is Cc1cc2c(c3ccccc13)C(=O)CC2.Cc1cc2c(c3ccccc13)CCCC2.Cc1cc2c3c(cccc3c1)CC2.Cc1cc2c3c(cccc3c1)CCC2.Cc1cc2ccccc2c2c1CCCC2.Cc1ccc2c3c(ccc2c1)CCCC3.Cc1ccc2c3c(cccc13)C(=O)CC2.Cc1ccc2c3c(cccc13)C=C2.Cc1ccc2c3c(cccc13)CC2.Cc1ccc2c3c(cccc13)CCC2. The van der Waals surface area contributed by atoms with Gasteiger partial charge in [0.2, 0.25) is 0 Å². The van der Waals surface area contributed by atoms with Crippen molar-refractivity contribution >= 4 is 131 Å². The fraction of sp³-hybridized carbons (Fsp3) is 0.257. The summed E-state index contributed by atoms with van der Waals surface area (Å²) in [6, 6.07) is 111. The summed E-state index contributed by atoms with van der Waals surface area (Å²) in [4.78, 5) is 23.6. The van der Waals surface area contributed by atoms with Crippen LogP contribution in [0.15, 0.2) is 303 Å². The summed E-state index contributed by atoms with van der Waals surface area (Å²) < 4.78 is 0. The van der Waals surface area contributed by atoms with Gasteiger partial charge in [0.15, 0.2) is 11.6 Å². The summed E-state index contributed by atoms with van der Waals surface area (Å²) in [5, 5.41) is 28.2. The van der Waals surface area contributed by atoms with Gasteiger partial charge in [-0.25, -0.2) is 0 Å². The molecule has 2 nitrogen and oxygen atoms in total. The highest BCUT2D eigenvalue weighted by atomic mass is 16.1. The Morgan fingerprint density at radius 3 is 1.18 bits per heavy atom. The summed E-state index contributed by atoms with van der Waals surface area (Å²) in [6.45, 7) is 21.8. The summed E-state index contributed by atoms with van der Waals surface area (Å²) in [7, 11) is 0. The lowest BCUT2D eigenvalue weighted by atomic mass is 9.85. The average Bonchev–Trinajstić information content (AvgIpc) is 1.57. The van der Waals surface area contributed by atoms with Crippen molar-refractivity contribution in [2.45, 2.75) is 236 Å². The molecule has 10 aliphatic carbocycles. The molecule has 0 saturated carbocycles. The molecule has 2 heteroatoms. The van der Waals surface area contributed by atoms with Crippen LogP contribution in [-0.2, 0) is 103 Å². The molecule has 0 unspecified atom stereocenters. The van der Waals surface area contributed by atoms with E-state index >= 15 is 0 Å². The fourth-order valence-corrected chi connectivity index (χ4v) is 25.5. The highest BCUT2D eigenvalue weighted by molar-refractivity contribution is 6.14. The molecule has 20 aromatic carbocycles. The first-order valence-corrected chi connectivity index (χ1v) is 53.2. The van der Waals surface area contributed by atoms with Crippen LogP contribution in [-0.4, -0.2) is 11.6 Å². The minimum absolute atomic E-state index is 0.290. The highest BCUT2D eigenvalue weighted by Crippen LogP contribution is 2.42. The quantitative estimate of drug-likeness (QED) is 0.152. The first-order chi connectivity index (χ1) is 69.4. The molecule has 0 saturated heterocycles. The predicted molar refractivity (Wildman–Crippen MR) is 610 cm³/mol. The van der Waals surface area contributed by atoms with E-state index in [1.165, 1.54) is 333 Å². The van der Waals surface area contributed by atoms with Crippen LogP contribution in [0.25, 0.3) is 120 Å². The van der Waals surface area contributed by atoms with E-state index in [2.05, 4.69) is 360 Å². The number of carbonyl (C=O) groups excluding carboxylic acids is 2. The smallest absolute Gasteiger partial charge is 0.164 e. The number of hydrogen-bond acceptors (Lipinski definition) is 2. The van der Waals surface area contributed by atoms with E-state index in [0.29, 0.717) is 24.4 Å². The summed E-state index contributed by atoms with van der Waals surface area (Å²) in [5.41, 5.74) is 42.9. The van der Waals surface area contributed by atoms with E-state index in [9.17, 15) is 9.59 Å². The lowest BCUT2D eigenvalue weighted by Gasteiger charge is -2.20. The second kappa shape index (κ2) is 41.7. The van der Waals surface area contributed by atoms with Gasteiger partial charge in [-0.1, -0.05) is 332 Å². The number of carbonyl (C=O) groups is 2. The standard InChI is InChI=1S/3C15H16.2C14H12O.2C14H14.2C13H12.C13H10/c2*1-11-10-12-6-2-3-8-14(12)15-9-5-4-7-13(11)15;1-11-6-9-15-13(10-11)8-7-12-4-2-3-5-14(12)15;1-9-5-6-10-7-8-13(15)12-4-2-3-11(9)14(10)12;1-9-8-10-6-7-13(15)14(10)12-5-3-2-4-11(9)12;1-10-8-12-6-2-4-11-5-3-7-13(9-10)14(11)12;1-10-8-9-12-5-2-4-11-6-3-7-13(10)14(11)12;1-9-7-11-4-2-3-10-5-6-12(8-9)13(10)11;2*1-9-5-6-11-8-7-10-3-2-4-12(9)13(10)11/h4-5,7,9-10H,2-3,6,8H2,1H3;2-3,6,8,10H,4-5,7,9H2,1H3;6-10H,2-5H2,1H3;2-6H,7-8H2,1H3;2-5,8H,6-7H2,1H3;2,4,6,8-9H,3,5,7H2,1H3;3,6-9H,2,4-5H2,1H3;2-4,7-8H,5-6H2,1H3;2-6H,7-8H2,1H3;2-8H,1H3. The highest BCUT2D eigenvalue weighted by Gasteiger charge is 2.26. The maximum Gasteiger partial charge on any atom is 0.164 e. The van der Waals surface area contributed by atoms with E-state index < -0.39 is 0 Å². The summed E-state index contributed by atoms with van der Waals surface area (Å²) >= 11 is 0. The molecular weight excluding hydrogens is 1710 g/mol. The first kappa shape index (κ1) is 94.3. The third-order valence-corrected chi connectivity index (χ3v) is 32.5. The molecule has 0 bridgehead atoms. The van der Waals surface area contributed by atoms with Crippen LogP contribution < -0.4 is 0 Å². The molecule has 706 valence electrons. The second-order valence-corrected chi connectivity index (χ2v) is 42.1. The monoisotopic (exact) mass is 1850 g/mol. The number of hydrogen-bond donors (Lipinski definition) is 0. The predicted octanol–water partition coefficient (Wildman–Crippen LogP) is 36.0.